The van der Waals surface area contributed by atoms with E-state index in [1.165, 1.54) is 17.0 Å². The largest absolute Gasteiger partial charge is 0.369 e. The minimum Gasteiger partial charge on any atom is -0.369 e. The Morgan fingerprint density at radius 2 is 2.00 bits per heavy atom. The molecule has 3 heterocycles. The van der Waals surface area contributed by atoms with Crippen LogP contribution < -0.4 is 19.8 Å². The summed E-state index contributed by atoms with van der Waals surface area (Å²) >= 11 is 0. The van der Waals surface area contributed by atoms with Crippen LogP contribution in [0.2, 0.25) is 0 Å². The van der Waals surface area contributed by atoms with Crippen molar-refractivity contribution in [3.8, 4) is 6.07 Å². The molecule has 0 bridgehead atoms. The molecule has 38 heavy (non-hydrogen) atoms. The van der Waals surface area contributed by atoms with E-state index in [0.717, 1.165) is 42.5 Å². The van der Waals surface area contributed by atoms with E-state index >= 15 is 0 Å². The van der Waals surface area contributed by atoms with E-state index in [0.29, 0.717) is 35.4 Å². The highest BCUT2D eigenvalue weighted by Gasteiger charge is 2.18. The lowest BCUT2D eigenvalue weighted by molar-refractivity contribution is 0.485. The molecule has 1 fully saturated rings. The fourth-order valence-corrected chi connectivity index (χ4v) is 5.16. The molecule has 11 heteroatoms. The maximum Gasteiger partial charge on any atom is 0.232 e. The van der Waals surface area contributed by atoms with Crippen molar-refractivity contribution in [1.82, 2.24) is 19.9 Å². The van der Waals surface area contributed by atoms with Crippen LogP contribution in [0.3, 0.4) is 0 Å². The number of piperazine rings is 1. The lowest BCUT2D eigenvalue weighted by atomic mass is 10.1. The van der Waals surface area contributed by atoms with Crippen LogP contribution in [-0.2, 0) is 16.6 Å². The molecular formula is C27H30N8O2S. The molecule has 1 atom stereocenters. The first-order valence-corrected chi connectivity index (χ1v) is 14.2. The van der Waals surface area contributed by atoms with E-state index in [1.807, 2.05) is 29.0 Å². The molecule has 0 amide bonds. The van der Waals surface area contributed by atoms with E-state index in [9.17, 15) is 13.7 Å². The first-order valence-electron chi connectivity index (χ1n) is 12.4. The smallest absolute Gasteiger partial charge is 0.232 e. The Morgan fingerprint density at radius 1 is 1.21 bits per heavy atom. The van der Waals surface area contributed by atoms with E-state index in [1.54, 1.807) is 24.4 Å². The average molecular weight is 531 g/mol. The Kier molecular flexibility index (Phi) is 6.93. The lowest BCUT2D eigenvalue weighted by Gasteiger charge is -2.33. The van der Waals surface area contributed by atoms with Crippen LogP contribution >= 0.6 is 0 Å². The molecule has 5 rings (SSSR count). The second-order valence-corrected chi connectivity index (χ2v) is 11.6. The molecule has 0 saturated carbocycles. The standard InChI is InChI=1S/C27H30N8O2S/c1-19-17-34(13-11-29-19)24-8-6-23(7-9-24)31-27-30-16-21-10-12-35(26(21)32-27)18-22-5-4-20(15-28)14-25(22)33(2)38(3,36)37/h4-10,12,14,16,19,29H,11,13,17-18H2,1-3H3,(H,30,31,32). The number of aromatic nitrogens is 3. The minimum absolute atomic E-state index is 0.374. The predicted octanol–water partition coefficient (Wildman–Crippen LogP) is 3.29. The SMILES string of the molecule is CC1CN(c2ccc(Nc3ncc4ccn(Cc5ccc(C#N)cc5N(C)S(C)(=O)=O)c4n3)cc2)CCN1. The van der Waals surface area contributed by atoms with Crippen LogP contribution in [0.25, 0.3) is 11.0 Å². The van der Waals surface area contributed by atoms with E-state index < -0.39 is 10.0 Å². The van der Waals surface area contributed by atoms with Crippen molar-refractivity contribution in [2.45, 2.75) is 19.5 Å². The highest BCUT2D eigenvalue weighted by atomic mass is 32.2. The van der Waals surface area contributed by atoms with Gasteiger partial charge in [0.2, 0.25) is 16.0 Å². The molecule has 0 aliphatic carbocycles. The molecule has 1 aliphatic heterocycles. The van der Waals surface area contributed by atoms with Crippen LogP contribution in [0, 0.1) is 11.3 Å². The van der Waals surface area contributed by atoms with Crippen LogP contribution in [0.15, 0.2) is 60.9 Å². The Hall–Kier alpha value is -4.14. The van der Waals surface area contributed by atoms with Crippen molar-refractivity contribution in [3.05, 3.63) is 72.1 Å². The van der Waals surface area contributed by atoms with Crippen LogP contribution in [-0.4, -0.2) is 61.9 Å². The van der Waals surface area contributed by atoms with Gasteiger partial charge in [0.1, 0.15) is 5.65 Å². The molecule has 1 aliphatic rings. The Bertz CT molecular complexity index is 1610. The Labute approximate surface area is 222 Å². The molecule has 1 saturated heterocycles. The van der Waals surface area contributed by atoms with Crippen molar-refractivity contribution in [3.63, 3.8) is 0 Å². The molecule has 2 N–H and O–H groups in total. The topological polar surface area (TPSA) is 119 Å². The molecule has 1 unspecified atom stereocenters. The number of nitrogens with zero attached hydrogens (tertiary/aromatic N) is 6. The summed E-state index contributed by atoms with van der Waals surface area (Å²) in [6.45, 7) is 5.50. The van der Waals surface area contributed by atoms with Gasteiger partial charge in [0.15, 0.2) is 0 Å². The zero-order chi connectivity index (χ0) is 26.9. The molecule has 2 aromatic carbocycles. The summed E-state index contributed by atoms with van der Waals surface area (Å²) < 4.78 is 27.6. The van der Waals surface area contributed by atoms with Crippen molar-refractivity contribution in [2.75, 3.05) is 47.5 Å². The van der Waals surface area contributed by atoms with E-state index in [-0.39, 0.29) is 0 Å². The van der Waals surface area contributed by atoms with Crippen LogP contribution in [0.1, 0.15) is 18.1 Å². The number of hydrogen-bond donors (Lipinski definition) is 2. The number of hydrogen-bond acceptors (Lipinski definition) is 8. The van der Waals surface area contributed by atoms with Gasteiger partial charge < -0.3 is 20.1 Å². The van der Waals surface area contributed by atoms with Crippen LogP contribution in [0.5, 0.6) is 0 Å². The summed E-state index contributed by atoms with van der Waals surface area (Å²) in [5, 5.41) is 16.9. The number of nitriles is 1. The highest BCUT2D eigenvalue weighted by molar-refractivity contribution is 7.92. The van der Waals surface area contributed by atoms with Gasteiger partial charge in [-0.2, -0.15) is 10.2 Å². The van der Waals surface area contributed by atoms with Gasteiger partial charge in [-0.1, -0.05) is 6.07 Å². The Balaban J connectivity index is 1.39. The highest BCUT2D eigenvalue weighted by Crippen LogP contribution is 2.27. The van der Waals surface area contributed by atoms with Gasteiger partial charge in [-0.05, 0) is 55.0 Å². The van der Waals surface area contributed by atoms with Gasteiger partial charge in [-0.25, -0.2) is 13.4 Å². The number of rotatable bonds is 7. The number of sulfonamides is 1. The maximum atomic E-state index is 12.2. The quantitative estimate of drug-likeness (QED) is 0.374. The molecule has 0 radical (unpaired) electrons. The molecule has 196 valence electrons. The summed E-state index contributed by atoms with van der Waals surface area (Å²) in [5.74, 6) is 0.467. The normalized spacial score (nSPS) is 15.8. The maximum absolute atomic E-state index is 12.2. The van der Waals surface area contributed by atoms with Gasteiger partial charge in [0.25, 0.3) is 0 Å². The number of anilines is 4. The van der Waals surface area contributed by atoms with E-state index in [2.05, 4.69) is 45.6 Å². The lowest BCUT2D eigenvalue weighted by Crippen LogP contribution is -2.49. The number of nitrogens with one attached hydrogen (secondary N) is 2. The minimum atomic E-state index is -3.51. The second kappa shape index (κ2) is 10.3. The van der Waals surface area contributed by atoms with Gasteiger partial charge in [-0.15, -0.1) is 0 Å². The molecule has 0 spiro atoms. The van der Waals surface area contributed by atoms with Gasteiger partial charge >= 0.3 is 0 Å². The summed E-state index contributed by atoms with van der Waals surface area (Å²) in [5.41, 5.74) is 4.39. The fraction of sp³-hybridized carbons (Fsp3) is 0.296. The number of benzene rings is 2. The molecule has 2 aromatic heterocycles. The van der Waals surface area contributed by atoms with Gasteiger partial charge in [0.05, 0.1) is 30.1 Å². The summed E-state index contributed by atoms with van der Waals surface area (Å²) in [6.07, 6.45) is 4.80. The zero-order valence-electron chi connectivity index (χ0n) is 21.6. The second-order valence-electron chi connectivity index (χ2n) is 9.58. The summed E-state index contributed by atoms with van der Waals surface area (Å²) in [6, 6.07) is 17.8. The summed E-state index contributed by atoms with van der Waals surface area (Å²) in [4.78, 5) is 11.6. The molecular weight excluding hydrogens is 500 g/mol. The zero-order valence-corrected chi connectivity index (χ0v) is 22.4. The van der Waals surface area contributed by atoms with Crippen molar-refractivity contribution in [1.29, 1.82) is 5.26 Å². The van der Waals surface area contributed by atoms with Gasteiger partial charge in [0, 0.05) is 61.9 Å². The predicted molar refractivity (Wildman–Crippen MR) is 150 cm³/mol. The van der Waals surface area contributed by atoms with Crippen LogP contribution in [0.4, 0.5) is 23.0 Å². The van der Waals surface area contributed by atoms with E-state index in [4.69, 9.17) is 4.98 Å². The van der Waals surface area contributed by atoms with Gasteiger partial charge in [-0.3, -0.25) is 4.31 Å². The van der Waals surface area contributed by atoms with Crippen molar-refractivity contribution < 1.29 is 8.42 Å². The average Bonchev–Trinajstić information content (AvgIpc) is 3.30. The monoisotopic (exact) mass is 530 g/mol. The molecule has 10 nitrogen and oxygen atoms in total. The third-order valence-electron chi connectivity index (χ3n) is 6.75. The molecule has 4 aromatic rings. The first kappa shape index (κ1) is 25.5. The Morgan fingerprint density at radius 3 is 2.71 bits per heavy atom. The van der Waals surface area contributed by atoms with Crippen molar-refractivity contribution >= 4 is 44.1 Å². The third-order valence-corrected chi connectivity index (χ3v) is 7.94. The van der Waals surface area contributed by atoms with Crippen molar-refractivity contribution in [2.24, 2.45) is 0 Å². The number of fused-ring (bicyclic) bond motifs is 1. The first-order chi connectivity index (χ1) is 18.2. The fourth-order valence-electron chi connectivity index (χ4n) is 4.63. The third kappa shape index (κ3) is 5.41. The summed E-state index contributed by atoms with van der Waals surface area (Å²) in [7, 11) is -2.02.